The van der Waals surface area contributed by atoms with Gasteiger partial charge in [0.05, 0.1) is 31.2 Å². The van der Waals surface area contributed by atoms with Crippen LogP contribution in [0, 0.1) is 6.92 Å². The molecule has 2 aromatic carbocycles. The first kappa shape index (κ1) is 22.2. The van der Waals surface area contributed by atoms with Gasteiger partial charge in [-0.1, -0.05) is 6.07 Å². The highest BCUT2D eigenvalue weighted by Gasteiger charge is 2.42. The number of imide groups is 1. The van der Waals surface area contributed by atoms with E-state index < -0.39 is 28.3 Å². The Bertz CT molecular complexity index is 1070. The monoisotopic (exact) mass is 444 g/mol. The largest absolute Gasteiger partial charge is 0.497 e. The second-order valence-electron chi connectivity index (χ2n) is 6.69. The first-order valence-electron chi connectivity index (χ1n) is 9.15. The topological polar surface area (TPSA) is 122 Å². The van der Waals surface area contributed by atoms with E-state index in [4.69, 9.17) is 9.47 Å². The molecule has 0 aromatic heterocycles. The van der Waals surface area contributed by atoms with Crippen LogP contribution in [0.4, 0.5) is 16.2 Å². The van der Waals surface area contributed by atoms with Crippen molar-refractivity contribution in [3.63, 3.8) is 0 Å². The molecule has 1 unspecified atom stereocenters. The number of aromatic carboxylic acids is 1. The number of benzene rings is 2. The molecule has 1 heterocycles. The van der Waals surface area contributed by atoms with E-state index in [1.807, 2.05) is 0 Å². The molecule has 0 bridgehead atoms. The van der Waals surface area contributed by atoms with Crippen LogP contribution in [0.25, 0.3) is 0 Å². The molecule has 1 fully saturated rings. The molecule has 31 heavy (non-hydrogen) atoms. The number of methoxy groups -OCH3 is 2. The Labute approximate surface area is 182 Å². The predicted molar refractivity (Wildman–Crippen MR) is 115 cm³/mol. The van der Waals surface area contributed by atoms with Gasteiger partial charge >= 0.3 is 5.97 Å². The summed E-state index contributed by atoms with van der Waals surface area (Å²) in [4.78, 5) is 50.3. The lowest BCUT2D eigenvalue weighted by Gasteiger charge is -2.18. The Morgan fingerprint density at radius 2 is 1.87 bits per heavy atom. The molecule has 0 spiro atoms. The van der Waals surface area contributed by atoms with Crippen LogP contribution in [0.1, 0.15) is 22.3 Å². The van der Waals surface area contributed by atoms with Crippen LogP contribution < -0.4 is 19.7 Å². The third-order valence-electron chi connectivity index (χ3n) is 4.60. The number of carbonyl (C=O) groups is 4. The first-order valence-corrected chi connectivity index (χ1v) is 10.0. The lowest BCUT2D eigenvalue weighted by Crippen LogP contribution is -2.33. The molecule has 1 aliphatic rings. The van der Waals surface area contributed by atoms with Crippen LogP contribution in [0.5, 0.6) is 11.5 Å². The summed E-state index contributed by atoms with van der Waals surface area (Å²) in [5.41, 5.74) is 1.08. The Kier molecular flexibility index (Phi) is 6.50. The zero-order chi connectivity index (χ0) is 22.7. The van der Waals surface area contributed by atoms with Gasteiger partial charge < -0.3 is 19.9 Å². The third-order valence-corrected chi connectivity index (χ3v) is 5.64. The Morgan fingerprint density at radius 3 is 2.52 bits per heavy atom. The number of thioether (sulfide) groups is 1. The van der Waals surface area contributed by atoms with Crippen molar-refractivity contribution in [2.75, 3.05) is 24.4 Å². The van der Waals surface area contributed by atoms with Crippen molar-refractivity contribution in [1.29, 1.82) is 0 Å². The molecule has 10 heteroatoms. The van der Waals surface area contributed by atoms with E-state index in [0.717, 1.165) is 22.2 Å². The fraction of sp³-hybridized carbons (Fsp3) is 0.238. The number of aryl methyl sites for hydroxylation is 1. The van der Waals surface area contributed by atoms with E-state index in [2.05, 4.69) is 5.32 Å². The molecule has 9 nitrogen and oxygen atoms in total. The standard InChI is InChI=1S/C21H20N2O7S/c1-11-4-6-13(20(26)27)14(8-11)22-18(24)10-17-19(25)23(21(28)31-17)15-7-5-12(29-2)9-16(15)30-3/h4-9,17H,10H2,1-3H3,(H,22,24)(H,26,27). The van der Waals surface area contributed by atoms with Crippen molar-refractivity contribution in [3.05, 3.63) is 47.5 Å². The molecule has 3 amide bonds. The summed E-state index contributed by atoms with van der Waals surface area (Å²) in [5, 5.41) is 10.3. The molecule has 3 rings (SSSR count). The number of amides is 3. The van der Waals surface area contributed by atoms with Crippen molar-refractivity contribution < 1.29 is 33.8 Å². The Balaban J connectivity index is 1.77. The maximum absolute atomic E-state index is 12.9. The highest BCUT2D eigenvalue weighted by atomic mass is 32.2. The predicted octanol–water partition coefficient (Wildman–Crippen LogP) is 3.31. The summed E-state index contributed by atoms with van der Waals surface area (Å²) < 4.78 is 10.4. The molecule has 0 aliphatic carbocycles. The maximum atomic E-state index is 12.9. The van der Waals surface area contributed by atoms with Crippen molar-refractivity contribution in [1.82, 2.24) is 0 Å². The summed E-state index contributed by atoms with van der Waals surface area (Å²) in [6.07, 6.45) is -0.294. The second-order valence-corrected chi connectivity index (χ2v) is 7.84. The van der Waals surface area contributed by atoms with Gasteiger partial charge in [-0.05, 0) is 48.5 Å². The van der Waals surface area contributed by atoms with Crippen LogP contribution in [0.2, 0.25) is 0 Å². The Hall–Kier alpha value is -3.53. The summed E-state index contributed by atoms with van der Waals surface area (Å²) >= 11 is 0.732. The molecule has 2 aromatic rings. The molecular formula is C21H20N2O7S. The third kappa shape index (κ3) is 4.64. The number of hydrogen-bond donors (Lipinski definition) is 2. The zero-order valence-corrected chi connectivity index (χ0v) is 17.8. The smallest absolute Gasteiger partial charge is 0.337 e. The lowest BCUT2D eigenvalue weighted by molar-refractivity contribution is -0.121. The van der Waals surface area contributed by atoms with Crippen LogP contribution in [0.3, 0.4) is 0 Å². The average Bonchev–Trinajstić information content (AvgIpc) is 3.00. The van der Waals surface area contributed by atoms with E-state index in [-0.39, 0.29) is 29.1 Å². The average molecular weight is 444 g/mol. The van der Waals surface area contributed by atoms with Gasteiger partial charge in [0.15, 0.2) is 0 Å². The van der Waals surface area contributed by atoms with Gasteiger partial charge in [-0.3, -0.25) is 14.4 Å². The lowest BCUT2D eigenvalue weighted by atomic mass is 10.1. The molecule has 2 N–H and O–H groups in total. The highest BCUT2D eigenvalue weighted by Crippen LogP contribution is 2.39. The molecule has 162 valence electrons. The van der Waals surface area contributed by atoms with Crippen molar-refractivity contribution in [2.24, 2.45) is 0 Å². The van der Waals surface area contributed by atoms with Gasteiger partial charge in [-0.15, -0.1) is 0 Å². The fourth-order valence-electron chi connectivity index (χ4n) is 3.09. The molecule has 1 aliphatic heterocycles. The maximum Gasteiger partial charge on any atom is 0.337 e. The van der Waals surface area contributed by atoms with Gasteiger partial charge in [0.1, 0.15) is 16.7 Å². The minimum absolute atomic E-state index is 0.0648. The van der Waals surface area contributed by atoms with Gasteiger partial charge in [0.25, 0.3) is 5.24 Å². The van der Waals surface area contributed by atoms with E-state index in [9.17, 15) is 24.3 Å². The number of ether oxygens (including phenoxy) is 2. The highest BCUT2D eigenvalue weighted by molar-refractivity contribution is 8.15. The number of nitrogens with one attached hydrogen (secondary N) is 1. The second kappa shape index (κ2) is 9.09. The van der Waals surface area contributed by atoms with Crippen molar-refractivity contribution >= 4 is 46.2 Å². The molecule has 1 atom stereocenters. The minimum Gasteiger partial charge on any atom is -0.497 e. The number of carboxylic acids is 1. The fourth-order valence-corrected chi connectivity index (χ4v) is 4.07. The van der Waals surface area contributed by atoms with Gasteiger partial charge in [-0.25, -0.2) is 9.69 Å². The van der Waals surface area contributed by atoms with Crippen LogP contribution >= 0.6 is 11.8 Å². The number of anilines is 2. The summed E-state index contributed by atoms with van der Waals surface area (Å²) in [6.45, 7) is 1.76. The van der Waals surface area contributed by atoms with Crippen LogP contribution in [-0.4, -0.2) is 47.6 Å². The SMILES string of the molecule is COc1ccc(N2C(=O)SC(CC(=O)Nc3cc(C)ccc3C(=O)O)C2=O)c(OC)c1. The van der Waals surface area contributed by atoms with Gasteiger partial charge in [0, 0.05) is 12.5 Å². The van der Waals surface area contributed by atoms with E-state index in [1.165, 1.54) is 32.4 Å². The minimum atomic E-state index is -1.19. The van der Waals surface area contributed by atoms with E-state index in [0.29, 0.717) is 5.75 Å². The van der Waals surface area contributed by atoms with Crippen LogP contribution in [-0.2, 0) is 9.59 Å². The molecule has 0 saturated carbocycles. The number of carboxylic acid groups (broad SMARTS) is 1. The molecule has 0 radical (unpaired) electrons. The number of nitrogens with zero attached hydrogens (tertiary/aromatic N) is 1. The number of carbonyl (C=O) groups excluding carboxylic acids is 3. The number of hydrogen-bond acceptors (Lipinski definition) is 7. The summed E-state index contributed by atoms with van der Waals surface area (Å²) in [6, 6.07) is 9.21. The molecular weight excluding hydrogens is 424 g/mol. The van der Waals surface area contributed by atoms with Crippen LogP contribution in [0.15, 0.2) is 36.4 Å². The number of rotatable bonds is 7. The van der Waals surface area contributed by atoms with Gasteiger partial charge in [-0.2, -0.15) is 0 Å². The summed E-state index contributed by atoms with van der Waals surface area (Å²) in [7, 11) is 2.89. The van der Waals surface area contributed by atoms with Crippen molar-refractivity contribution in [2.45, 2.75) is 18.6 Å². The first-order chi connectivity index (χ1) is 14.7. The van der Waals surface area contributed by atoms with E-state index in [1.54, 1.807) is 25.1 Å². The summed E-state index contributed by atoms with van der Waals surface area (Å²) in [5.74, 6) is -1.55. The van der Waals surface area contributed by atoms with Crippen molar-refractivity contribution in [3.8, 4) is 11.5 Å². The molecule has 1 saturated heterocycles. The zero-order valence-electron chi connectivity index (χ0n) is 17.0. The van der Waals surface area contributed by atoms with Gasteiger partial charge in [0.2, 0.25) is 11.8 Å². The Morgan fingerprint density at radius 1 is 1.13 bits per heavy atom. The van der Waals surface area contributed by atoms with E-state index >= 15 is 0 Å². The normalized spacial score (nSPS) is 15.7. The quantitative estimate of drug-likeness (QED) is 0.667.